The number of benzene rings is 1. The third-order valence-electron chi connectivity index (χ3n) is 3.69. The van der Waals surface area contributed by atoms with E-state index in [4.69, 9.17) is 9.72 Å². The number of hydrogen-bond donors (Lipinski definition) is 1. The van der Waals surface area contributed by atoms with Crippen LogP contribution in [-0.2, 0) is 6.54 Å². The van der Waals surface area contributed by atoms with Crippen molar-refractivity contribution in [2.45, 2.75) is 26.8 Å². The van der Waals surface area contributed by atoms with Crippen LogP contribution in [0.5, 0.6) is 5.75 Å². The Balaban J connectivity index is 2.12. The van der Waals surface area contributed by atoms with Gasteiger partial charge in [-0.2, -0.15) is 0 Å². The molecule has 0 spiro atoms. The highest BCUT2D eigenvalue weighted by Gasteiger charge is 2.19. The summed E-state index contributed by atoms with van der Waals surface area (Å²) in [6, 6.07) is 4.26. The van der Waals surface area contributed by atoms with Crippen molar-refractivity contribution in [1.29, 1.82) is 0 Å². The largest absolute Gasteiger partial charge is 0.496 e. The van der Waals surface area contributed by atoms with Crippen molar-refractivity contribution in [1.82, 2.24) is 9.55 Å². The van der Waals surface area contributed by atoms with Gasteiger partial charge in [0.05, 0.1) is 7.11 Å². The topological polar surface area (TPSA) is 39.1 Å². The molecule has 0 saturated heterocycles. The van der Waals surface area contributed by atoms with E-state index in [0.29, 0.717) is 0 Å². The molecule has 0 amide bonds. The minimum absolute atomic E-state index is 0.948. The Morgan fingerprint density at radius 2 is 2.00 bits per heavy atom. The lowest BCUT2D eigenvalue weighted by Gasteiger charge is -2.15. The number of rotatable bonds is 2. The lowest BCUT2D eigenvalue weighted by Crippen LogP contribution is -2.17. The second-order valence-corrected chi connectivity index (χ2v) is 5.90. The Morgan fingerprint density at radius 1 is 1.30 bits per heavy atom. The van der Waals surface area contributed by atoms with Gasteiger partial charge in [-0.05, 0) is 59.5 Å². The monoisotopic (exact) mass is 335 g/mol. The van der Waals surface area contributed by atoms with Gasteiger partial charge in [0.2, 0.25) is 5.95 Å². The molecular weight excluding hydrogens is 318 g/mol. The van der Waals surface area contributed by atoms with Crippen LogP contribution in [0.1, 0.15) is 17.5 Å². The van der Waals surface area contributed by atoms with E-state index < -0.39 is 0 Å². The van der Waals surface area contributed by atoms with Crippen LogP contribution in [0.25, 0.3) is 11.3 Å². The molecule has 0 atom stereocenters. The number of hydrogen-bond acceptors (Lipinski definition) is 3. The van der Waals surface area contributed by atoms with Crippen molar-refractivity contribution in [3.8, 4) is 17.0 Å². The molecule has 5 heteroatoms. The average molecular weight is 336 g/mol. The Labute approximate surface area is 127 Å². The molecule has 2 aromatic rings. The number of anilines is 1. The Morgan fingerprint density at radius 3 is 2.60 bits per heavy atom. The quantitative estimate of drug-likeness (QED) is 0.908. The fraction of sp³-hybridized carbons (Fsp3) is 0.400. The predicted octanol–water partition coefficient (Wildman–Crippen LogP) is 3.75. The number of nitrogens with one attached hydrogen (secondary N) is 1. The SMILES string of the molecule is COc1c(C)cc(-c2nc3n(c2Br)CCCN3)cc1C. The summed E-state index contributed by atoms with van der Waals surface area (Å²) in [6.45, 7) is 6.13. The zero-order valence-corrected chi connectivity index (χ0v) is 13.5. The van der Waals surface area contributed by atoms with Crippen LogP contribution in [0.15, 0.2) is 16.7 Å². The standard InChI is InChI=1S/C15H18BrN3O/c1-9-7-11(8-10(2)13(9)20-3)12-14(16)19-6-4-5-17-15(19)18-12/h7-8H,4-6H2,1-3H3,(H,17,18). The lowest BCUT2D eigenvalue weighted by atomic mass is 10.0. The van der Waals surface area contributed by atoms with Crippen LogP contribution in [0.4, 0.5) is 5.95 Å². The maximum atomic E-state index is 5.43. The molecule has 4 nitrogen and oxygen atoms in total. The minimum atomic E-state index is 0.948. The molecule has 106 valence electrons. The number of aromatic nitrogens is 2. The van der Waals surface area contributed by atoms with Gasteiger partial charge in [-0.1, -0.05) is 0 Å². The van der Waals surface area contributed by atoms with Crippen LogP contribution in [0.3, 0.4) is 0 Å². The van der Waals surface area contributed by atoms with E-state index in [1.54, 1.807) is 7.11 Å². The molecular formula is C15H18BrN3O. The Kier molecular flexibility index (Phi) is 3.46. The number of fused-ring (bicyclic) bond motifs is 1. The number of imidazole rings is 1. The minimum Gasteiger partial charge on any atom is -0.496 e. The summed E-state index contributed by atoms with van der Waals surface area (Å²) in [5.41, 5.74) is 4.38. The van der Waals surface area contributed by atoms with Gasteiger partial charge in [0.15, 0.2) is 0 Å². The van der Waals surface area contributed by atoms with Gasteiger partial charge >= 0.3 is 0 Å². The first-order chi connectivity index (χ1) is 9.61. The van der Waals surface area contributed by atoms with Crippen molar-refractivity contribution < 1.29 is 4.74 Å². The van der Waals surface area contributed by atoms with Gasteiger partial charge in [-0.3, -0.25) is 0 Å². The number of nitrogens with zero attached hydrogens (tertiary/aromatic N) is 2. The van der Waals surface area contributed by atoms with Gasteiger partial charge in [-0.25, -0.2) is 4.98 Å². The summed E-state index contributed by atoms with van der Waals surface area (Å²) >= 11 is 3.69. The van der Waals surface area contributed by atoms with E-state index >= 15 is 0 Å². The molecule has 1 aliphatic rings. The highest BCUT2D eigenvalue weighted by Crippen LogP contribution is 2.35. The smallest absolute Gasteiger partial charge is 0.204 e. The van der Waals surface area contributed by atoms with Crippen molar-refractivity contribution >= 4 is 21.9 Å². The fourth-order valence-electron chi connectivity index (χ4n) is 2.80. The lowest BCUT2D eigenvalue weighted by molar-refractivity contribution is 0.408. The maximum Gasteiger partial charge on any atom is 0.204 e. The Bertz CT molecular complexity index is 640. The predicted molar refractivity (Wildman–Crippen MR) is 84.5 cm³/mol. The van der Waals surface area contributed by atoms with Gasteiger partial charge < -0.3 is 14.6 Å². The molecule has 0 aliphatic carbocycles. The molecule has 0 bridgehead atoms. The molecule has 0 saturated carbocycles. The number of aryl methyl sites for hydroxylation is 2. The van der Waals surface area contributed by atoms with Crippen molar-refractivity contribution in [3.05, 3.63) is 27.9 Å². The highest BCUT2D eigenvalue weighted by atomic mass is 79.9. The number of methoxy groups -OCH3 is 1. The van der Waals surface area contributed by atoms with Gasteiger partial charge in [0.1, 0.15) is 16.0 Å². The second-order valence-electron chi connectivity index (χ2n) is 5.15. The second kappa shape index (κ2) is 5.13. The Hall–Kier alpha value is -1.49. The highest BCUT2D eigenvalue weighted by molar-refractivity contribution is 9.10. The normalized spacial score (nSPS) is 13.8. The van der Waals surface area contributed by atoms with Crippen LogP contribution in [0, 0.1) is 13.8 Å². The summed E-state index contributed by atoms with van der Waals surface area (Å²) in [7, 11) is 1.71. The van der Waals surface area contributed by atoms with Gasteiger partial charge in [-0.15, -0.1) is 0 Å². The summed E-state index contributed by atoms with van der Waals surface area (Å²) in [5, 5.41) is 3.34. The van der Waals surface area contributed by atoms with Crippen LogP contribution in [0.2, 0.25) is 0 Å². The van der Waals surface area contributed by atoms with Crippen molar-refractivity contribution in [3.63, 3.8) is 0 Å². The van der Waals surface area contributed by atoms with E-state index in [1.165, 1.54) is 0 Å². The molecule has 3 rings (SSSR count). The number of ether oxygens (including phenoxy) is 1. The van der Waals surface area contributed by atoms with Crippen molar-refractivity contribution in [2.75, 3.05) is 19.0 Å². The maximum absolute atomic E-state index is 5.43. The molecule has 1 aliphatic heterocycles. The summed E-state index contributed by atoms with van der Waals surface area (Å²) in [4.78, 5) is 4.72. The van der Waals surface area contributed by atoms with Crippen LogP contribution in [-0.4, -0.2) is 23.2 Å². The molecule has 1 aromatic heterocycles. The first-order valence-corrected chi connectivity index (χ1v) is 7.56. The number of halogens is 1. The van der Waals surface area contributed by atoms with E-state index in [-0.39, 0.29) is 0 Å². The molecule has 2 heterocycles. The molecule has 1 N–H and O–H groups in total. The zero-order chi connectivity index (χ0) is 14.3. The van der Waals surface area contributed by atoms with Crippen LogP contribution < -0.4 is 10.1 Å². The molecule has 0 unspecified atom stereocenters. The third-order valence-corrected chi connectivity index (χ3v) is 4.49. The van der Waals surface area contributed by atoms with Gasteiger partial charge in [0, 0.05) is 18.7 Å². The van der Waals surface area contributed by atoms with E-state index in [9.17, 15) is 0 Å². The summed E-state index contributed by atoms with van der Waals surface area (Å²) in [5.74, 6) is 1.90. The van der Waals surface area contributed by atoms with E-state index in [2.05, 4.69) is 51.8 Å². The summed E-state index contributed by atoms with van der Waals surface area (Å²) in [6.07, 6.45) is 1.13. The van der Waals surface area contributed by atoms with Gasteiger partial charge in [0.25, 0.3) is 0 Å². The first-order valence-electron chi connectivity index (χ1n) is 6.77. The van der Waals surface area contributed by atoms with E-state index in [1.807, 2.05) is 0 Å². The van der Waals surface area contributed by atoms with Crippen molar-refractivity contribution in [2.24, 2.45) is 0 Å². The first kappa shape index (κ1) is 13.5. The molecule has 0 fully saturated rings. The molecule has 20 heavy (non-hydrogen) atoms. The van der Waals surface area contributed by atoms with Crippen LogP contribution >= 0.6 is 15.9 Å². The molecule has 0 radical (unpaired) electrons. The average Bonchev–Trinajstić information content (AvgIpc) is 2.76. The third kappa shape index (κ3) is 2.10. The fourth-order valence-corrected chi connectivity index (χ4v) is 3.47. The zero-order valence-electron chi connectivity index (χ0n) is 12.0. The summed E-state index contributed by atoms with van der Waals surface area (Å²) < 4.78 is 8.66. The molecule has 1 aromatic carbocycles. The van der Waals surface area contributed by atoms with E-state index in [0.717, 1.165) is 58.2 Å².